The molecule has 0 radical (unpaired) electrons. The molecule has 0 bridgehead atoms. The van der Waals surface area contributed by atoms with Gasteiger partial charge < -0.3 is 4.52 Å². The number of carbonyl (C=O) groups excluding carboxylic acids is 1. The molecule has 1 aliphatic carbocycles. The summed E-state index contributed by atoms with van der Waals surface area (Å²) in [7, 11) is 0. The van der Waals surface area contributed by atoms with Gasteiger partial charge in [0.15, 0.2) is 5.78 Å². The molecule has 1 aliphatic rings. The average molecular weight is 431 g/mol. The summed E-state index contributed by atoms with van der Waals surface area (Å²) < 4.78 is 24.7. The van der Waals surface area contributed by atoms with Gasteiger partial charge in [-0.05, 0) is 60.3 Å². The highest BCUT2D eigenvalue weighted by Crippen LogP contribution is 2.63. The fraction of sp³-hybridized carbons (Fsp3) is 0.550. The molecule has 0 N–H and O–H groups in total. The van der Waals surface area contributed by atoms with Crippen LogP contribution in [0.25, 0.3) is 5.57 Å². The van der Waals surface area contributed by atoms with Gasteiger partial charge in [-0.3, -0.25) is 9.32 Å². The zero-order chi connectivity index (χ0) is 20.2. The molecule has 7 heteroatoms. The maximum atomic E-state index is 13.2. The van der Waals surface area contributed by atoms with Gasteiger partial charge in [0, 0.05) is 23.6 Å². The lowest BCUT2D eigenvalue weighted by atomic mass is 9.74. The summed E-state index contributed by atoms with van der Waals surface area (Å²) >= 11 is 7.27. The lowest BCUT2D eigenvalue weighted by molar-refractivity contribution is -0.116. The lowest BCUT2D eigenvalue weighted by Gasteiger charge is -2.33. The van der Waals surface area contributed by atoms with Gasteiger partial charge in [0.2, 0.25) is 0 Å². The molecule has 2 rings (SSSR count). The molecule has 0 aromatic heterocycles. The van der Waals surface area contributed by atoms with Gasteiger partial charge in [-0.25, -0.2) is 4.57 Å². The molecule has 0 amide bonds. The second-order valence-electron chi connectivity index (χ2n) is 7.49. The minimum Gasteiger partial charge on any atom is -0.421 e. The molecule has 0 saturated carbocycles. The molecule has 0 fully saturated rings. The first-order valence-electron chi connectivity index (χ1n) is 9.22. The Morgan fingerprint density at radius 1 is 1.26 bits per heavy atom. The van der Waals surface area contributed by atoms with E-state index in [4.69, 9.17) is 20.6 Å². The Morgan fingerprint density at radius 3 is 2.56 bits per heavy atom. The van der Waals surface area contributed by atoms with E-state index in [0.29, 0.717) is 34.9 Å². The normalized spacial score (nSPS) is 19.1. The summed E-state index contributed by atoms with van der Waals surface area (Å²) in [6.07, 6.45) is 1.80. The summed E-state index contributed by atoms with van der Waals surface area (Å²) in [6, 6.07) is 5.41. The van der Waals surface area contributed by atoms with Crippen molar-refractivity contribution < 1.29 is 18.4 Å². The van der Waals surface area contributed by atoms with E-state index in [-0.39, 0.29) is 17.8 Å². The highest BCUT2D eigenvalue weighted by atomic mass is 35.5. The zero-order valence-electron chi connectivity index (χ0n) is 16.6. The summed E-state index contributed by atoms with van der Waals surface area (Å²) in [5, 5.41) is 0.612. The molecule has 1 aromatic carbocycles. The molecule has 0 aliphatic heterocycles. The van der Waals surface area contributed by atoms with E-state index in [1.54, 1.807) is 13.0 Å². The van der Waals surface area contributed by atoms with Crippen molar-refractivity contribution in [2.75, 3.05) is 12.4 Å². The van der Waals surface area contributed by atoms with Crippen molar-refractivity contribution in [2.45, 2.75) is 53.9 Å². The summed E-state index contributed by atoms with van der Waals surface area (Å²) in [6.45, 7) is 6.64. The van der Waals surface area contributed by atoms with Crippen LogP contribution in [-0.4, -0.2) is 18.1 Å². The molecule has 1 unspecified atom stereocenters. The maximum Gasteiger partial charge on any atom is 0.439 e. The van der Waals surface area contributed by atoms with E-state index < -0.39 is 6.80 Å². The van der Waals surface area contributed by atoms with Crippen LogP contribution in [0.5, 0.6) is 0 Å². The van der Waals surface area contributed by atoms with Crippen molar-refractivity contribution in [1.82, 2.24) is 0 Å². The van der Waals surface area contributed by atoms with E-state index in [0.717, 1.165) is 17.5 Å². The second kappa shape index (κ2) is 9.17. The van der Waals surface area contributed by atoms with Crippen LogP contribution in [0.4, 0.5) is 0 Å². The van der Waals surface area contributed by atoms with Crippen LogP contribution in [0, 0.1) is 12.3 Å². The third-order valence-corrected chi connectivity index (χ3v) is 8.45. The molecule has 4 nitrogen and oxygen atoms in total. The first-order chi connectivity index (χ1) is 12.6. The Kier molecular flexibility index (Phi) is 7.66. The molecule has 0 saturated heterocycles. The number of ketones is 1. The smallest absolute Gasteiger partial charge is 0.421 e. The van der Waals surface area contributed by atoms with Gasteiger partial charge in [-0.1, -0.05) is 38.4 Å². The van der Waals surface area contributed by atoms with Crippen molar-refractivity contribution in [3.63, 3.8) is 0 Å². The third-order valence-electron chi connectivity index (χ3n) is 4.26. The molecule has 1 atom stereocenters. The van der Waals surface area contributed by atoms with Crippen LogP contribution >= 0.6 is 29.8 Å². The van der Waals surface area contributed by atoms with E-state index in [1.165, 1.54) is 11.4 Å². The van der Waals surface area contributed by atoms with Crippen molar-refractivity contribution in [2.24, 2.45) is 5.41 Å². The monoisotopic (exact) mass is 430 g/mol. The van der Waals surface area contributed by atoms with E-state index in [9.17, 15) is 9.36 Å². The van der Waals surface area contributed by atoms with Crippen LogP contribution < -0.4 is 0 Å². The molecule has 27 heavy (non-hydrogen) atoms. The zero-order valence-corrected chi connectivity index (χ0v) is 19.1. The molecular weight excluding hydrogens is 403 g/mol. The number of rotatable bonds is 8. The average Bonchev–Trinajstić information content (AvgIpc) is 2.53. The van der Waals surface area contributed by atoms with Gasteiger partial charge >= 0.3 is 6.80 Å². The van der Waals surface area contributed by atoms with Crippen LogP contribution in [0.2, 0.25) is 5.02 Å². The fourth-order valence-electron chi connectivity index (χ4n) is 3.14. The van der Waals surface area contributed by atoms with Crippen LogP contribution in [0.15, 0.2) is 24.0 Å². The van der Waals surface area contributed by atoms with Crippen LogP contribution in [0.3, 0.4) is 0 Å². The number of allylic oxidation sites excluding steroid dienone is 2. The minimum atomic E-state index is -3.39. The molecular formula is C20H28ClO4PS. The number of Topliss-reactive ketones (excluding diaryl/α,β-unsaturated/α-hetero) is 1. The minimum absolute atomic E-state index is 0.00443. The Balaban J connectivity index is 2.55. The van der Waals surface area contributed by atoms with Gasteiger partial charge in [-0.15, -0.1) is 0 Å². The molecule has 0 spiro atoms. The molecule has 1 aromatic rings. The number of benzene rings is 1. The van der Waals surface area contributed by atoms with E-state index in [2.05, 4.69) is 0 Å². The largest absolute Gasteiger partial charge is 0.439 e. The van der Waals surface area contributed by atoms with Gasteiger partial charge in [0.25, 0.3) is 0 Å². The highest BCUT2D eigenvalue weighted by Gasteiger charge is 2.39. The summed E-state index contributed by atoms with van der Waals surface area (Å²) in [5.74, 6) is 1.12. The van der Waals surface area contributed by atoms with E-state index in [1.807, 2.05) is 39.8 Å². The Morgan fingerprint density at radius 2 is 1.96 bits per heavy atom. The van der Waals surface area contributed by atoms with Crippen LogP contribution in [-0.2, 0) is 18.4 Å². The predicted molar refractivity (Wildman–Crippen MR) is 114 cm³/mol. The quantitative estimate of drug-likeness (QED) is 0.413. The Hall–Kier alpha value is -0.740. The standard InChI is InChI=1S/C20H28ClO4PS/c1-6-10-27-26(23,24-7-2)25-18-13-20(4,5)12-17(22)19(18)16-9-8-15(21)11-14(16)3/h8-9,11H,6-7,10,12-13H2,1-5H3. The lowest BCUT2D eigenvalue weighted by Crippen LogP contribution is -2.26. The summed E-state index contributed by atoms with van der Waals surface area (Å²) in [4.78, 5) is 13.0. The number of hydrogen-bond acceptors (Lipinski definition) is 5. The maximum absolute atomic E-state index is 13.2. The SMILES string of the molecule is CCCSP(=O)(OCC)OC1=C(c2ccc(Cl)cc2C)C(=O)CC(C)(C)C1. The van der Waals surface area contributed by atoms with Crippen molar-refractivity contribution in [1.29, 1.82) is 0 Å². The Bertz CT molecular complexity index is 788. The number of hydrogen-bond donors (Lipinski definition) is 0. The van der Waals surface area contributed by atoms with Crippen LogP contribution in [0.1, 0.15) is 58.1 Å². The van der Waals surface area contributed by atoms with Gasteiger partial charge in [0.05, 0.1) is 12.2 Å². The second-order valence-corrected chi connectivity index (χ2v) is 12.0. The third kappa shape index (κ3) is 5.87. The fourth-order valence-corrected chi connectivity index (χ4v) is 6.88. The Labute approximate surface area is 171 Å². The highest BCUT2D eigenvalue weighted by molar-refractivity contribution is 8.55. The summed E-state index contributed by atoms with van der Waals surface area (Å²) in [5.41, 5.74) is 1.90. The molecule has 150 valence electrons. The predicted octanol–water partition coefficient (Wildman–Crippen LogP) is 7.05. The van der Waals surface area contributed by atoms with Crippen molar-refractivity contribution in [3.8, 4) is 0 Å². The van der Waals surface area contributed by atoms with Gasteiger partial charge in [-0.2, -0.15) is 0 Å². The molecule has 0 heterocycles. The topological polar surface area (TPSA) is 52.6 Å². The number of halogens is 1. The van der Waals surface area contributed by atoms with E-state index >= 15 is 0 Å². The van der Waals surface area contributed by atoms with Gasteiger partial charge in [0.1, 0.15) is 5.76 Å². The number of aryl methyl sites for hydroxylation is 1. The first kappa shape index (κ1) is 22.5. The first-order valence-corrected chi connectivity index (χ1v) is 12.7. The number of carbonyl (C=O) groups is 1. The van der Waals surface area contributed by atoms with Crippen molar-refractivity contribution in [3.05, 3.63) is 40.1 Å². The van der Waals surface area contributed by atoms with Crippen molar-refractivity contribution >= 4 is 41.1 Å².